The lowest BCUT2D eigenvalue weighted by Gasteiger charge is -2.33. The van der Waals surface area contributed by atoms with E-state index in [9.17, 15) is 14.4 Å². The summed E-state index contributed by atoms with van der Waals surface area (Å²) in [6, 6.07) is 2.11. The topological polar surface area (TPSA) is 132 Å². The van der Waals surface area contributed by atoms with Crippen molar-refractivity contribution in [1.82, 2.24) is 25.0 Å². The van der Waals surface area contributed by atoms with Gasteiger partial charge in [-0.2, -0.15) is 5.10 Å². The van der Waals surface area contributed by atoms with Crippen molar-refractivity contribution in [3.05, 3.63) is 41.3 Å². The van der Waals surface area contributed by atoms with Gasteiger partial charge >= 0.3 is 6.03 Å². The molecule has 1 aliphatic heterocycles. The fourth-order valence-electron chi connectivity index (χ4n) is 4.25. The minimum Gasteiger partial charge on any atom is -0.474 e. The van der Waals surface area contributed by atoms with E-state index in [1.807, 2.05) is 14.0 Å². The third kappa shape index (κ3) is 4.10. The van der Waals surface area contributed by atoms with Crippen LogP contribution in [-0.2, 0) is 18.3 Å². The highest BCUT2D eigenvalue weighted by atomic mass is 16.5. The largest absolute Gasteiger partial charge is 0.474 e. The summed E-state index contributed by atoms with van der Waals surface area (Å²) in [7, 11) is 1.85. The number of hydrogen-bond acceptors (Lipinski definition) is 6. The minimum atomic E-state index is -0.592. The van der Waals surface area contributed by atoms with E-state index in [1.165, 1.54) is 4.90 Å². The second-order valence-electron chi connectivity index (χ2n) is 8.06. The van der Waals surface area contributed by atoms with E-state index in [0.717, 1.165) is 11.3 Å². The number of nitrogens with zero attached hydrogens (tertiary/aromatic N) is 4. The van der Waals surface area contributed by atoms with E-state index >= 15 is 0 Å². The number of pyridine rings is 1. The summed E-state index contributed by atoms with van der Waals surface area (Å²) in [5.41, 5.74) is 7.54. The Kier molecular flexibility index (Phi) is 5.62. The Hall–Kier alpha value is -3.43. The number of rotatable bonds is 6. The second kappa shape index (κ2) is 8.37. The van der Waals surface area contributed by atoms with Gasteiger partial charge in [-0.1, -0.05) is 0 Å². The van der Waals surface area contributed by atoms with Crippen molar-refractivity contribution >= 4 is 17.8 Å². The highest BCUT2D eigenvalue weighted by molar-refractivity contribution is 6.04. The molecule has 2 aromatic heterocycles. The predicted molar refractivity (Wildman–Crippen MR) is 110 cm³/mol. The van der Waals surface area contributed by atoms with Gasteiger partial charge in [0.05, 0.1) is 6.20 Å². The van der Waals surface area contributed by atoms with Crippen molar-refractivity contribution in [2.24, 2.45) is 12.8 Å². The average molecular weight is 426 g/mol. The average Bonchev–Trinajstić information content (AvgIpc) is 3.21. The third-order valence-electron chi connectivity index (χ3n) is 6.14. The van der Waals surface area contributed by atoms with Gasteiger partial charge < -0.3 is 15.8 Å². The Balaban J connectivity index is 1.36. The van der Waals surface area contributed by atoms with E-state index in [1.54, 1.807) is 29.2 Å². The summed E-state index contributed by atoms with van der Waals surface area (Å²) >= 11 is 0. The molecular weight excluding hydrogens is 400 g/mol. The number of ether oxygens (including phenoxy) is 1. The summed E-state index contributed by atoms with van der Waals surface area (Å²) in [5, 5.41) is 7.02. The zero-order valence-corrected chi connectivity index (χ0v) is 17.6. The van der Waals surface area contributed by atoms with Crippen molar-refractivity contribution in [3.8, 4) is 5.88 Å². The highest BCUT2D eigenvalue weighted by Crippen LogP contribution is 2.29. The summed E-state index contributed by atoms with van der Waals surface area (Å²) in [4.78, 5) is 42.5. The third-order valence-corrected chi connectivity index (χ3v) is 6.14. The smallest absolute Gasteiger partial charge is 0.325 e. The number of carbonyl (C=O) groups excluding carboxylic acids is 3. The fraction of sp³-hybridized carbons (Fsp3) is 0.476. The Morgan fingerprint density at radius 3 is 2.68 bits per heavy atom. The van der Waals surface area contributed by atoms with E-state index in [2.05, 4.69) is 15.4 Å². The van der Waals surface area contributed by atoms with Gasteiger partial charge in [0.15, 0.2) is 0 Å². The first-order valence-electron chi connectivity index (χ1n) is 10.4. The molecule has 4 rings (SSSR count). The van der Waals surface area contributed by atoms with Crippen LogP contribution in [0.25, 0.3) is 0 Å². The maximum absolute atomic E-state index is 13.0. The van der Waals surface area contributed by atoms with Crippen LogP contribution in [0.5, 0.6) is 5.88 Å². The van der Waals surface area contributed by atoms with Crippen molar-refractivity contribution in [3.63, 3.8) is 0 Å². The molecule has 0 bridgehead atoms. The van der Waals surface area contributed by atoms with Crippen molar-refractivity contribution in [2.75, 3.05) is 0 Å². The number of urea groups is 1. The lowest BCUT2D eigenvalue weighted by atomic mass is 9.91. The quantitative estimate of drug-likeness (QED) is 0.664. The maximum atomic E-state index is 13.0. The molecule has 1 saturated heterocycles. The number of carbonyl (C=O) groups is 3. The van der Waals surface area contributed by atoms with Crippen LogP contribution in [0.1, 0.15) is 47.3 Å². The molecule has 2 fully saturated rings. The van der Waals surface area contributed by atoms with Crippen molar-refractivity contribution in [1.29, 1.82) is 0 Å². The van der Waals surface area contributed by atoms with Crippen LogP contribution in [0.15, 0.2) is 24.5 Å². The van der Waals surface area contributed by atoms with E-state index in [-0.39, 0.29) is 35.5 Å². The van der Waals surface area contributed by atoms with Crippen LogP contribution in [0.2, 0.25) is 0 Å². The predicted octanol–water partition coefficient (Wildman–Crippen LogP) is 1.08. The summed E-state index contributed by atoms with van der Waals surface area (Å²) < 4.78 is 7.65. The molecule has 2 aromatic rings. The first-order chi connectivity index (χ1) is 14.8. The van der Waals surface area contributed by atoms with Gasteiger partial charge in [-0.15, -0.1) is 0 Å². The molecule has 0 aromatic carbocycles. The van der Waals surface area contributed by atoms with Crippen LogP contribution >= 0.6 is 0 Å². The Morgan fingerprint density at radius 2 is 2.03 bits per heavy atom. The number of nitrogens with two attached hydrogens (primary N) is 1. The van der Waals surface area contributed by atoms with Gasteiger partial charge in [0.25, 0.3) is 11.8 Å². The number of amides is 4. The number of aryl methyl sites for hydroxylation is 1. The summed E-state index contributed by atoms with van der Waals surface area (Å²) in [6.45, 7) is 1.94. The van der Waals surface area contributed by atoms with Crippen LogP contribution in [-0.4, -0.2) is 55.7 Å². The molecule has 1 unspecified atom stereocenters. The molecule has 0 radical (unpaired) electrons. The molecule has 1 atom stereocenters. The van der Waals surface area contributed by atoms with Gasteiger partial charge in [0.2, 0.25) is 5.88 Å². The zero-order chi connectivity index (χ0) is 22.1. The molecule has 0 spiro atoms. The monoisotopic (exact) mass is 426 g/mol. The van der Waals surface area contributed by atoms with E-state index in [4.69, 9.17) is 10.5 Å². The van der Waals surface area contributed by atoms with Crippen LogP contribution < -0.4 is 15.8 Å². The van der Waals surface area contributed by atoms with Gasteiger partial charge in [-0.3, -0.25) is 19.2 Å². The molecular formula is C21H26N6O4. The van der Waals surface area contributed by atoms with Gasteiger partial charge in [0, 0.05) is 31.4 Å². The normalized spacial score (nSPS) is 23.7. The number of imide groups is 1. The number of hydrogen-bond donors (Lipinski definition) is 2. The molecule has 31 heavy (non-hydrogen) atoms. The number of primary amides is 1. The lowest BCUT2D eigenvalue weighted by Crippen LogP contribution is -2.44. The molecule has 3 N–H and O–H groups in total. The van der Waals surface area contributed by atoms with Gasteiger partial charge in [-0.25, -0.2) is 9.78 Å². The first kappa shape index (κ1) is 20.8. The standard InChI is InChI=1S/C21H26N6O4/c1-12-13(11-24-26(12)2)10-17-20(29)27(21(30)25-17)14-5-7-15(8-6-14)31-19-16(18(22)28)4-3-9-23-19/h3-4,9,11,14-15,17H,5-8,10H2,1-2H3,(H2,22,28)(H,25,30). The zero-order valence-electron chi connectivity index (χ0n) is 17.6. The van der Waals surface area contributed by atoms with Crippen molar-refractivity contribution < 1.29 is 19.1 Å². The second-order valence-corrected chi connectivity index (χ2v) is 8.06. The van der Waals surface area contributed by atoms with Crippen LogP contribution in [0.3, 0.4) is 0 Å². The fourth-order valence-corrected chi connectivity index (χ4v) is 4.25. The highest BCUT2D eigenvalue weighted by Gasteiger charge is 2.43. The molecule has 3 heterocycles. The molecule has 4 amide bonds. The van der Waals surface area contributed by atoms with Crippen molar-refractivity contribution in [2.45, 2.75) is 57.2 Å². The molecule has 164 valence electrons. The first-order valence-corrected chi connectivity index (χ1v) is 10.4. The van der Waals surface area contributed by atoms with Crippen LogP contribution in [0.4, 0.5) is 4.79 Å². The minimum absolute atomic E-state index is 0.154. The summed E-state index contributed by atoms with van der Waals surface area (Å²) in [5.74, 6) is -0.565. The van der Waals surface area contributed by atoms with E-state index in [0.29, 0.717) is 32.1 Å². The molecule has 1 saturated carbocycles. The molecule has 2 aliphatic rings. The number of aromatic nitrogens is 3. The van der Waals surface area contributed by atoms with Crippen LogP contribution in [0, 0.1) is 6.92 Å². The summed E-state index contributed by atoms with van der Waals surface area (Å²) in [6.07, 6.45) is 6.09. The molecule has 1 aliphatic carbocycles. The Bertz CT molecular complexity index is 1010. The van der Waals surface area contributed by atoms with Gasteiger partial charge in [0.1, 0.15) is 17.7 Å². The lowest BCUT2D eigenvalue weighted by molar-refractivity contribution is -0.129. The SMILES string of the molecule is Cc1c(CC2NC(=O)N(C3CCC(Oc4ncccc4C(N)=O)CC3)C2=O)cnn1C. The Morgan fingerprint density at radius 1 is 1.29 bits per heavy atom. The Labute approximate surface area is 179 Å². The van der Waals surface area contributed by atoms with E-state index < -0.39 is 11.9 Å². The molecule has 10 nitrogen and oxygen atoms in total. The molecule has 10 heteroatoms. The van der Waals surface area contributed by atoms with Gasteiger partial charge in [-0.05, 0) is 50.3 Å². The maximum Gasteiger partial charge on any atom is 0.325 e. The number of nitrogens with one attached hydrogen (secondary N) is 1.